The molecule has 128 valence electrons. The van der Waals surface area contributed by atoms with Gasteiger partial charge in [0.15, 0.2) is 0 Å². The van der Waals surface area contributed by atoms with Crippen molar-refractivity contribution in [1.29, 1.82) is 0 Å². The fraction of sp³-hybridized carbons (Fsp3) is 0.222. The van der Waals surface area contributed by atoms with Crippen molar-refractivity contribution in [3.8, 4) is 10.6 Å². The Morgan fingerprint density at radius 1 is 1.08 bits per heavy atom. The summed E-state index contributed by atoms with van der Waals surface area (Å²) in [5, 5.41) is 14.8. The summed E-state index contributed by atoms with van der Waals surface area (Å²) in [5.74, 6) is 0.510. The highest BCUT2D eigenvalue weighted by atomic mass is 32.1. The first-order valence-corrected chi connectivity index (χ1v) is 8.89. The van der Waals surface area contributed by atoms with E-state index in [1.165, 1.54) is 16.9 Å². The van der Waals surface area contributed by atoms with Crippen LogP contribution in [-0.2, 0) is 0 Å². The summed E-state index contributed by atoms with van der Waals surface area (Å²) in [7, 11) is 0. The van der Waals surface area contributed by atoms with Gasteiger partial charge in [0.05, 0.1) is 0 Å². The molecule has 2 amide bonds. The number of carbonyl (C=O) groups excluding carboxylic acids is 1. The number of hydrogen-bond donors (Lipinski definition) is 2. The van der Waals surface area contributed by atoms with E-state index < -0.39 is 0 Å². The molecule has 0 saturated heterocycles. The molecule has 6 nitrogen and oxygen atoms in total. The van der Waals surface area contributed by atoms with E-state index >= 15 is 0 Å². The second kappa shape index (κ2) is 7.85. The summed E-state index contributed by atoms with van der Waals surface area (Å²) >= 11 is 1.31. The standard InChI is InChI=1S/C18H19N5OS/c1-3-12(2)13-4-6-15(7-5-13)20-17(24)21-18-23-22-16(25-18)14-8-10-19-11-9-14/h4-12H,3H2,1-2H3,(H2,20,21,23,24). The van der Waals surface area contributed by atoms with E-state index in [2.05, 4.69) is 39.7 Å². The van der Waals surface area contributed by atoms with Crippen LogP contribution in [0.25, 0.3) is 10.6 Å². The largest absolute Gasteiger partial charge is 0.325 e. The molecule has 0 radical (unpaired) electrons. The molecule has 3 aromatic rings. The van der Waals surface area contributed by atoms with Gasteiger partial charge in [-0.25, -0.2) is 4.79 Å². The third-order valence-corrected chi connectivity index (χ3v) is 4.81. The van der Waals surface area contributed by atoms with Crippen LogP contribution in [0.1, 0.15) is 31.7 Å². The Labute approximate surface area is 150 Å². The molecule has 0 saturated carbocycles. The number of carbonyl (C=O) groups is 1. The molecule has 2 aromatic heterocycles. The first-order chi connectivity index (χ1) is 12.2. The predicted octanol–water partition coefficient (Wildman–Crippen LogP) is 4.76. The van der Waals surface area contributed by atoms with E-state index in [1.54, 1.807) is 12.4 Å². The van der Waals surface area contributed by atoms with Gasteiger partial charge in [-0.3, -0.25) is 10.3 Å². The average Bonchev–Trinajstić information content (AvgIpc) is 3.10. The number of anilines is 2. The zero-order valence-corrected chi connectivity index (χ0v) is 14.9. The number of benzene rings is 1. The van der Waals surface area contributed by atoms with Crippen molar-refractivity contribution in [2.75, 3.05) is 10.6 Å². The second-order valence-corrected chi connectivity index (χ2v) is 6.64. The lowest BCUT2D eigenvalue weighted by molar-refractivity contribution is 0.262. The van der Waals surface area contributed by atoms with Crippen LogP contribution in [0.2, 0.25) is 0 Å². The Balaban J connectivity index is 1.60. The van der Waals surface area contributed by atoms with Gasteiger partial charge in [0, 0.05) is 23.6 Å². The molecule has 2 N–H and O–H groups in total. The van der Waals surface area contributed by atoms with E-state index in [1.807, 2.05) is 36.4 Å². The molecule has 1 unspecified atom stereocenters. The number of amides is 2. The van der Waals surface area contributed by atoms with Crippen LogP contribution >= 0.6 is 11.3 Å². The molecule has 7 heteroatoms. The molecule has 0 bridgehead atoms. The van der Waals surface area contributed by atoms with Gasteiger partial charge in [0.1, 0.15) is 5.01 Å². The number of aromatic nitrogens is 3. The molecule has 0 spiro atoms. The molecular formula is C18H19N5OS. The van der Waals surface area contributed by atoms with Gasteiger partial charge in [0.2, 0.25) is 5.13 Å². The minimum absolute atomic E-state index is 0.339. The van der Waals surface area contributed by atoms with E-state index in [-0.39, 0.29) is 6.03 Å². The van der Waals surface area contributed by atoms with Crippen molar-refractivity contribution in [3.05, 3.63) is 54.4 Å². The van der Waals surface area contributed by atoms with Gasteiger partial charge in [-0.1, -0.05) is 37.3 Å². The molecule has 0 aliphatic heterocycles. The topological polar surface area (TPSA) is 79.8 Å². The van der Waals surface area contributed by atoms with E-state index in [0.717, 1.165) is 22.7 Å². The van der Waals surface area contributed by atoms with Gasteiger partial charge in [0.25, 0.3) is 0 Å². The first kappa shape index (κ1) is 17.0. The van der Waals surface area contributed by atoms with Gasteiger partial charge >= 0.3 is 6.03 Å². The Kier molecular flexibility index (Phi) is 5.35. The van der Waals surface area contributed by atoms with Crippen LogP contribution in [0.4, 0.5) is 15.6 Å². The van der Waals surface area contributed by atoms with E-state index in [0.29, 0.717) is 11.0 Å². The molecule has 2 heterocycles. The van der Waals surface area contributed by atoms with Crippen molar-refractivity contribution < 1.29 is 4.79 Å². The lowest BCUT2D eigenvalue weighted by Crippen LogP contribution is -2.19. The minimum Gasteiger partial charge on any atom is -0.308 e. The number of urea groups is 1. The summed E-state index contributed by atoms with van der Waals surface area (Å²) in [6.07, 6.45) is 4.48. The maximum Gasteiger partial charge on any atom is 0.325 e. The van der Waals surface area contributed by atoms with Crippen molar-refractivity contribution in [2.24, 2.45) is 0 Å². The smallest absolute Gasteiger partial charge is 0.308 e. The SMILES string of the molecule is CCC(C)c1ccc(NC(=O)Nc2nnc(-c3ccncc3)s2)cc1. The van der Waals surface area contributed by atoms with Crippen LogP contribution in [0.15, 0.2) is 48.8 Å². The maximum absolute atomic E-state index is 12.1. The third-order valence-electron chi connectivity index (χ3n) is 3.92. The molecular weight excluding hydrogens is 334 g/mol. The molecule has 1 aromatic carbocycles. The molecule has 0 aliphatic carbocycles. The molecule has 3 rings (SSSR count). The van der Waals surface area contributed by atoms with Gasteiger partial charge in [-0.05, 0) is 42.2 Å². The Morgan fingerprint density at radius 2 is 1.80 bits per heavy atom. The van der Waals surface area contributed by atoms with E-state index in [4.69, 9.17) is 0 Å². The van der Waals surface area contributed by atoms with Gasteiger partial charge in [-0.15, -0.1) is 10.2 Å². The number of rotatable bonds is 5. The molecule has 0 fully saturated rings. The highest BCUT2D eigenvalue weighted by molar-refractivity contribution is 7.18. The van der Waals surface area contributed by atoms with Crippen LogP contribution in [0, 0.1) is 0 Å². The van der Waals surface area contributed by atoms with Gasteiger partial charge < -0.3 is 5.32 Å². The summed E-state index contributed by atoms with van der Waals surface area (Å²) < 4.78 is 0. The van der Waals surface area contributed by atoms with Crippen molar-refractivity contribution in [3.63, 3.8) is 0 Å². The lowest BCUT2D eigenvalue weighted by Gasteiger charge is -2.10. The fourth-order valence-corrected chi connectivity index (χ4v) is 3.02. The van der Waals surface area contributed by atoms with Crippen LogP contribution < -0.4 is 10.6 Å². The summed E-state index contributed by atoms with van der Waals surface area (Å²) in [6, 6.07) is 11.3. The normalized spacial score (nSPS) is 11.8. The maximum atomic E-state index is 12.1. The highest BCUT2D eigenvalue weighted by Gasteiger charge is 2.10. The van der Waals surface area contributed by atoms with Crippen molar-refractivity contribution in [1.82, 2.24) is 15.2 Å². The quantitative estimate of drug-likeness (QED) is 0.693. The van der Waals surface area contributed by atoms with Crippen LogP contribution in [0.3, 0.4) is 0 Å². The Bertz CT molecular complexity index is 832. The van der Waals surface area contributed by atoms with Crippen molar-refractivity contribution in [2.45, 2.75) is 26.2 Å². The van der Waals surface area contributed by atoms with Gasteiger partial charge in [-0.2, -0.15) is 0 Å². The third kappa shape index (κ3) is 4.39. The Hall–Kier alpha value is -2.80. The zero-order valence-electron chi connectivity index (χ0n) is 14.1. The second-order valence-electron chi connectivity index (χ2n) is 5.66. The molecule has 25 heavy (non-hydrogen) atoms. The van der Waals surface area contributed by atoms with Crippen LogP contribution in [0.5, 0.6) is 0 Å². The number of nitrogens with zero attached hydrogens (tertiary/aromatic N) is 3. The first-order valence-electron chi connectivity index (χ1n) is 8.07. The minimum atomic E-state index is -0.339. The summed E-state index contributed by atoms with van der Waals surface area (Å²) in [5.41, 5.74) is 2.92. The monoisotopic (exact) mass is 353 g/mol. The predicted molar refractivity (Wildman–Crippen MR) is 101 cm³/mol. The Morgan fingerprint density at radius 3 is 2.48 bits per heavy atom. The summed E-state index contributed by atoms with van der Waals surface area (Å²) in [4.78, 5) is 16.1. The number of nitrogens with one attached hydrogen (secondary N) is 2. The van der Waals surface area contributed by atoms with Crippen molar-refractivity contribution >= 4 is 28.2 Å². The van der Waals surface area contributed by atoms with Crippen LogP contribution in [-0.4, -0.2) is 21.2 Å². The number of hydrogen-bond acceptors (Lipinski definition) is 5. The summed E-state index contributed by atoms with van der Waals surface area (Å²) in [6.45, 7) is 4.34. The highest BCUT2D eigenvalue weighted by Crippen LogP contribution is 2.26. The number of pyridine rings is 1. The molecule has 1 atom stereocenters. The fourth-order valence-electron chi connectivity index (χ4n) is 2.28. The average molecular weight is 353 g/mol. The zero-order chi connectivity index (χ0) is 17.6. The van der Waals surface area contributed by atoms with E-state index in [9.17, 15) is 4.79 Å². The lowest BCUT2D eigenvalue weighted by atomic mass is 9.99. The molecule has 0 aliphatic rings.